The zero-order valence-corrected chi connectivity index (χ0v) is 13.3. The predicted octanol–water partition coefficient (Wildman–Crippen LogP) is 0.900. The topological polar surface area (TPSA) is 89.5 Å². The monoisotopic (exact) mass is 363 g/mol. The third-order valence-corrected chi connectivity index (χ3v) is 4.71. The van der Waals surface area contributed by atoms with E-state index in [0.717, 1.165) is 11.6 Å². The Bertz CT molecular complexity index is 597. The largest absolute Gasteiger partial charge is 0.467 e. The molecule has 6 nitrogen and oxygen atoms in total. The van der Waals surface area contributed by atoms with Crippen molar-refractivity contribution in [2.45, 2.75) is 17.9 Å². The molecule has 0 aliphatic carbocycles. The molecule has 0 bridgehead atoms. The van der Waals surface area contributed by atoms with Crippen LogP contribution in [0.5, 0.6) is 0 Å². The fourth-order valence-corrected chi connectivity index (χ4v) is 3.18. The molecule has 1 atom stereocenters. The number of rotatable bonds is 5. The second-order valence-electron chi connectivity index (χ2n) is 4.01. The summed E-state index contributed by atoms with van der Waals surface area (Å²) in [6.07, 6.45) is 0. The number of benzene rings is 1. The lowest BCUT2D eigenvalue weighted by Crippen LogP contribution is -2.45. The number of ether oxygens (including phenoxy) is 1. The minimum absolute atomic E-state index is 0.0694. The van der Waals surface area contributed by atoms with Crippen molar-refractivity contribution < 1.29 is 22.7 Å². The van der Waals surface area contributed by atoms with Gasteiger partial charge in [-0.1, -0.05) is 15.9 Å². The maximum absolute atomic E-state index is 12.2. The molecule has 1 amide bonds. The first-order valence-corrected chi connectivity index (χ1v) is 8.04. The van der Waals surface area contributed by atoms with Gasteiger partial charge in [-0.05, 0) is 24.3 Å². The molecule has 1 rings (SSSR count). The summed E-state index contributed by atoms with van der Waals surface area (Å²) in [6.45, 7) is 1.20. The van der Waals surface area contributed by atoms with Gasteiger partial charge in [0.15, 0.2) is 9.84 Å². The van der Waals surface area contributed by atoms with E-state index in [1.807, 2.05) is 0 Å². The molecule has 110 valence electrons. The zero-order chi connectivity index (χ0) is 15.3. The van der Waals surface area contributed by atoms with E-state index in [1.54, 1.807) is 12.1 Å². The van der Waals surface area contributed by atoms with Crippen LogP contribution in [0.25, 0.3) is 0 Å². The van der Waals surface area contributed by atoms with E-state index in [4.69, 9.17) is 0 Å². The maximum atomic E-state index is 12.2. The van der Waals surface area contributed by atoms with Crippen LogP contribution in [0.4, 0.5) is 0 Å². The quantitative estimate of drug-likeness (QED) is 0.785. The molecule has 20 heavy (non-hydrogen) atoms. The predicted molar refractivity (Wildman–Crippen MR) is 75.8 cm³/mol. The molecule has 1 aromatic carbocycles. The van der Waals surface area contributed by atoms with Crippen molar-refractivity contribution in [2.75, 3.05) is 12.9 Å². The van der Waals surface area contributed by atoms with E-state index in [1.165, 1.54) is 19.1 Å². The van der Waals surface area contributed by atoms with Crippen molar-refractivity contribution >= 4 is 37.6 Å². The molecular weight excluding hydrogens is 350 g/mol. The van der Waals surface area contributed by atoms with Crippen LogP contribution >= 0.6 is 15.9 Å². The average molecular weight is 364 g/mol. The van der Waals surface area contributed by atoms with Crippen molar-refractivity contribution in [1.82, 2.24) is 5.32 Å². The van der Waals surface area contributed by atoms with E-state index in [9.17, 15) is 18.0 Å². The van der Waals surface area contributed by atoms with Gasteiger partial charge in [-0.25, -0.2) is 13.2 Å². The second-order valence-corrected chi connectivity index (χ2v) is 6.96. The molecule has 1 aromatic rings. The van der Waals surface area contributed by atoms with Crippen molar-refractivity contribution in [1.29, 1.82) is 0 Å². The smallest absolute Gasteiger partial charge is 0.329 e. The fourth-order valence-electron chi connectivity index (χ4n) is 1.51. The highest BCUT2D eigenvalue weighted by atomic mass is 79.9. The number of amides is 1. The second kappa shape index (κ2) is 6.85. The number of sulfone groups is 1. The first-order valence-electron chi connectivity index (χ1n) is 5.59. The van der Waals surface area contributed by atoms with Crippen LogP contribution in [-0.4, -0.2) is 39.2 Å². The molecule has 0 spiro atoms. The lowest BCUT2D eigenvalue weighted by molar-refractivity contribution is -0.144. The van der Waals surface area contributed by atoms with E-state index in [-0.39, 0.29) is 4.90 Å². The van der Waals surface area contributed by atoms with Crippen molar-refractivity contribution in [2.24, 2.45) is 0 Å². The van der Waals surface area contributed by atoms with Crippen molar-refractivity contribution in [3.8, 4) is 0 Å². The summed E-state index contributed by atoms with van der Waals surface area (Å²) in [5.41, 5.74) is 0. The van der Waals surface area contributed by atoms with Crippen LogP contribution in [0.15, 0.2) is 33.6 Å². The molecule has 0 aromatic heterocycles. The van der Waals surface area contributed by atoms with Gasteiger partial charge in [0, 0.05) is 11.4 Å². The summed E-state index contributed by atoms with van der Waals surface area (Å²) in [5.74, 6) is -1.87. The molecule has 0 aliphatic heterocycles. The van der Waals surface area contributed by atoms with Crippen molar-refractivity contribution in [3.05, 3.63) is 28.7 Å². The maximum Gasteiger partial charge on any atom is 0.329 e. The number of hydrogen-bond donors (Lipinski definition) is 1. The lowest BCUT2D eigenvalue weighted by Gasteiger charge is -2.15. The van der Waals surface area contributed by atoms with Crippen LogP contribution in [0.3, 0.4) is 0 Å². The van der Waals surface area contributed by atoms with Gasteiger partial charge in [0.25, 0.3) is 0 Å². The number of nitrogens with one attached hydrogen (secondary N) is 1. The number of carbonyl (C=O) groups is 2. The highest BCUT2D eigenvalue weighted by molar-refractivity contribution is 9.10. The Hall–Kier alpha value is -1.41. The van der Waals surface area contributed by atoms with Gasteiger partial charge in [-0.15, -0.1) is 0 Å². The van der Waals surface area contributed by atoms with E-state index in [0.29, 0.717) is 0 Å². The molecule has 8 heteroatoms. The summed E-state index contributed by atoms with van der Waals surface area (Å²) >= 11 is 3.20. The highest BCUT2D eigenvalue weighted by Gasteiger charge is 2.28. The van der Waals surface area contributed by atoms with E-state index >= 15 is 0 Å². The summed E-state index contributed by atoms with van der Waals surface area (Å²) in [7, 11) is -2.59. The molecule has 0 radical (unpaired) electrons. The molecule has 0 heterocycles. The summed E-state index contributed by atoms with van der Waals surface area (Å²) < 4.78 is 29.6. The fraction of sp³-hybridized carbons (Fsp3) is 0.333. The van der Waals surface area contributed by atoms with E-state index < -0.39 is 33.5 Å². The first kappa shape index (κ1) is 16.6. The first-order chi connectivity index (χ1) is 9.26. The summed E-state index contributed by atoms with van der Waals surface area (Å²) in [4.78, 5) is 22.6. The number of methoxy groups -OCH3 is 1. The Morgan fingerprint density at radius 1 is 1.30 bits per heavy atom. The van der Waals surface area contributed by atoms with E-state index in [2.05, 4.69) is 26.0 Å². The van der Waals surface area contributed by atoms with Gasteiger partial charge in [0.05, 0.1) is 17.8 Å². The number of hydrogen-bond acceptors (Lipinski definition) is 5. The average Bonchev–Trinajstić information content (AvgIpc) is 2.36. The Morgan fingerprint density at radius 3 is 2.30 bits per heavy atom. The molecule has 0 aliphatic rings. The molecule has 1 unspecified atom stereocenters. The van der Waals surface area contributed by atoms with Gasteiger partial charge in [0.2, 0.25) is 5.91 Å². The van der Waals surface area contributed by atoms with Crippen LogP contribution in [0.2, 0.25) is 0 Å². The van der Waals surface area contributed by atoms with Gasteiger partial charge < -0.3 is 10.1 Å². The number of halogens is 1. The Morgan fingerprint density at radius 2 is 1.85 bits per heavy atom. The zero-order valence-electron chi connectivity index (χ0n) is 10.9. The number of carbonyl (C=O) groups excluding carboxylic acids is 2. The third-order valence-electron chi connectivity index (χ3n) is 2.42. The molecule has 0 saturated heterocycles. The lowest BCUT2D eigenvalue weighted by atomic mass is 10.3. The van der Waals surface area contributed by atoms with Crippen LogP contribution in [0.1, 0.15) is 6.92 Å². The van der Waals surface area contributed by atoms with Gasteiger partial charge in [-0.2, -0.15) is 0 Å². The standard InChI is InChI=1S/C12H14BrNO5S/c1-8(15)14-11(12(16)19-2)7-20(17,18)10-5-3-9(13)4-6-10/h3-6,11H,7H2,1-2H3,(H,14,15). The van der Waals surface area contributed by atoms with Crippen LogP contribution in [-0.2, 0) is 24.2 Å². The Balaban J connectivity index is 2.99. The number of esters is 1. The van der Waals surface area contributed by atoms with Gasteiger partial charge in [0.1, 0.15) is 6.04 Å². The summed E-state index contributed by atoms with van der Waals surface area (Å²) in [5, 5.41) is 2.27. The van der Waals surface area contributed by atoms with Crippen molar-refractivity contribution in [3.63, 3.8) is 0 Å². The summed E-state index contributed by atoms with van der Waals surface area (Å²) in [6, 6.07) is 4.77. The molecule has 1 N–H and O–H groups in total. The molecule has 0 fully saturated rings. The molecular formula is C12H14BrNO5S. The Labute approximate surface area is 125 Å². The third kappa shape index (κ3) is 4.61. The van der Waals surface area contributed by atoms with Gasteiger partial charge in [-0.3, -0.25) is 4.79 Å². The minimum Gasteiger partial charge on any atom is -0.467 e. The minimum atomic E-state index is -3.71. The van der Waals surface area contributed by atoms with Crippen LogP contribution in [0, 0.1) is 0 Å². The molecule has 0 saturated carbocycles. The van der Waals surface area contributed by atoms with Gasteiger partial charge >= 0.3 is 5.97 Å². The Kier molecular flexibility index (Phi) is 5.70. The SMILES string of the molecule is COC(=O)C(CS(=O)(=O)c1ccc(Br)cc1)NC(C)=O. The van der Waals surface area contributed by atoms with Crippen LogP contribution < -0.4 is 5.32 Å². The normalized spacial score (nSPS) is 12.6. The highest BCUT2D eigenvalue weighted by Crippen LogP contribution is 2.16.